The molecular weight excluding hydrogens is 254 g/mol. The number of hydrogen-bond donors (Lipinski definition) is 2. The summed E-state index contributed by atoms with van der Waals surface area (Å²) in [5.74, 6) is 5.01. The molecule has 0 heterocycles. The van der Waals surface area contributed by atoms with Crippen molar-refractivity contribution in [2.75, 3.05) is 0 Å². The zero-order chi connectivity index (χ0) is 13.2. The molecule has 0 saturated carbocycles. The molecule has 0 saturated heterocycles. The van der Waals surface area contributed by atoms with E-state index >= 15 is 0 Å². The van der Waals surface area contributed by atoms with Crippen LogP contribution in [0.2, 0.25) is 0 Å². The number of fused-ring (bicyclic) bond motifs is 1. The zero-order valence-electron chi connectivity index (χ0n) is 9.11. The van der Waals surface area contributed by atoms with Crippen LogP contribution in [0.5, 0.6) is 0 Å². The third-order valence-corrected chi connectivity index (χ3v) is 3.70. The highest BCUT2D eigenvalue weighted by atomic mass is 32.2. The van der Waals surface area contributed by atoms with E-state index in [0.29, 0.717) is 16.5 Å². The number of nitrogens with zero attached hydrogens (tertiary/aromatic N) is 3. The van der Waals surface area contributed by atoms with E-state index in [9.17, 15) is 8.42 Å². The van der Waals surface area contributed by atoms with Gasteiger partial charge in [-0.05, 0) is 17.0 Å². The van der Waals surface area contributed by atoms with Crippen molar-refractivity contribution in [2.24, 2.45) is 11.0 Å². The maximum absolute atomic E-state index is 11.7. The van der Waals surface area contributed by atoms with Gasteiger partial charge in [0.1, 0.15) is 0 Å². The van der Waals surface area contributed by atoms with E-state index in [0.717, 1.165) is 0 Å². The highest BCUT2D eigenvalue weighted by molar-refractivity contribution is 7.89. The van der Waals surface area contributed by atoms with Gasteiger partial charge in [-0.25, -0.2) is 8.42 Å². The van der Waals surface area contributed by atoms with Crippen LogP contribution in [-0.4, -0.2) is 8.42 Å². The van der Waals surface area contributed by atoms with Crippen molar-refractivity contribution in [3.05, 3.63) is 46.8 Å². The predicted molar refractivity (Wildman–Crippen MR) is 67.3 cm³/mol. The lowest BCUT2D eigenvalue weighted by Crippen LogP contribution is -2.30. The number of hydrazine groups is 1. The van der Waals surface area contributed by atoms with Gasteiger partial charge >= 0.3 is 0 Å². The molecule has 8 heteroatoms. The number of hydrogen-bond acceptors (Lipinski definition) is 4. The van der Waals surface area contributed by atoms with E-state index in [1.807, 2.05) is 0 Å². The Balaban J connectivity index is 2.88. The number of benzene rings is 2. The summed E-state index contributed by atoms with van der Waals surface area (Å²) in [5, 5.41) is 4.51. The molecule has 0 atom stereocenters. The molecule has 0 aromatic heterocycles. The van der Waals surface area contributed by atoms with Crippen LogP contribution in [0.15, 0.2) is 46.4 Å². The largest absolute Gasteiger partial charge is 0.257 e. The van der Waals surface area contributed by atoms with Crippen molar-refractivity contribution in [1.29, 1.82) is 0 Å². The van der Waals surface area contributed by atoms with Gasteiger partial charge in [0.05, 0.1) is 4.90 Å². The van der Waals surface area contributed by atoms with Gasteiger partial charge in [-0.3, -0.25) is 5.84 Å². The fourth-order valence-corrected chi connectivity index (χ4v) is 2.55. The fraction of sp³-hybridized carbons (Fsp3) is 0. The molecule has 7 nitrogen and oxygen atoms in total. The summed E-state index contributed by atoms with van der Waals surface area (Å²) in [6, 6.07) is 9.50. The average molecular weight is 263 g/mol. The van der Waals surface area contributed by atoms with Gasteiger partial charge in [0, 0.05) is 16.0 Å². The van der Waals surface area contributed by atoms with Crippen LogP contribution in [-0.2, 0) is 10.0 Å². The molecule has 0 aliphatic rings. The molecule has 0 unspecified atom stereocenters. The Kier molecular flexibility index (Phi) is 3.17. The first-order chi connectivity index (χ1) is 8.60. The molecule has 0 bridgehead atoms. The first kappa shape index (κ1) is 12.3. The Morgan fingerprint density at radius 2 is 1.83 bits per heavy atom. The first-order valence-electron chi connectivity index (χ1n) is 4.89. The molecule has 0 spiro atoms. The average Bonchev–Trinajstić information content (AvgIpc) is 2.39. The molecule has 0 radical (unpaired) electrons. The topological polar surface area (TPSA) is 121 Å². The van der Waals surface area contributed by atoms with E-state index in [1.54, 1.807) is 35.2 Å². The summed E-state index contributed by atoms with van der Waals surface area (Å²) in [6.45, 7) is 0. The van der Waals surface area contributed by atoms with Crippen molar-refractivity contribution < 1.29 is 8.42 Å². The standard InChI is InChI=1S/C10H9N5O2S/c11-14-13-9-5-1-4-8-7(9)3-2-6-10(8)18(16,17)15-12/h1-6,15H,12H2. The lowest BCUT2D eigenvalue weighted by atomic mass is 10.1. The Hall–Kier alpha value is -2.12. The number of nitrogens with two attached hydrogens (primary N) is 1. The minimum absolute atomic E-state index is 0.0393. The van der Waals surface area contributed by atoms with Crippen LogP contribution < -0.4 is 10.7 Å². The number of sulfonamides is 1. The number of nitrogens with one attached hydrogen (secondary N) is 1. The van der Waals surface area contributed by atoms with Gasteiger partial charge in [-0.15, -0.1) is 0 Å². The predicted octanol–water partition coefficient (Wildman–Crippen LogP) is 1.93. The third-order valence-electron chi connectivity index (χ3n) is 2.46. The Labute approximate surface area is 103 Å². The van der Waals surface area contributed by atoms with Crippen LogP contribution in [0.25, 0.3) is 21.2 Å². The van der Waals surface area contributed by atoms with Crippen LogP contribution in [0.3, 0.4) is 0 Å². The monoisotopic (exact) mass is 263 g/mol. The molecule has 2 aromatic rings. The smallest absolute Gasteiger partial charge is 0.253 e. The first-order valence-corrected chi connectivity index (χ1v) is 6.38. The quantitative estimate of drug-likeness (QED) is 0.289. The number of azide groups is 1. The fourth-order valence-electron chi connectivity index (χ4n) is 1.70. The van der Waals surface area contributed by atoms with Crippen molar-refractivity contribution in [3.63, 3.8) is 0 Å². The molecular formula is C10H9N5O2S. The summed E-state index contributed by atoms with van der Waals surface area (Å²) in [5.41, 5.74) is 8.83. The summed E-state index contributed by atoms with van der Waals surface area (Å²) < 4.78 is 23.5. The summed E-state index contributed by atoms with van der Waals surface area (Å²) in [6.07, 6.45) is 0. The van der Waals surface area contributed by atoms with E-state index in [4.69, 9.17) is 11.4 Å². The summed E-state index contributed by atoms with van der Waals surface area (Å²) in [4.78, 5) is 4.51. The normalized spacial score (nSPS) is 11.2. The van der Waals surface area contributed by atoms with Gasteiger partial charge < -0.3 is 0 Å². The lowest BCUT2D eigenvalue weighted by molar-refractivity contribution is 0.585. The van der Waals surface area contributed by atoms with Gasteiger partial charge in [0.15, 0.2) is 0 Å². The molecule has 0 fully saturated rings. The van der Waals surface area contributed by atoms with Crippen LogP contribution >= 0.6 is 0 Å². The van der Waals surface area contributed by atoms with Crippen LogP contribution in [0.1, 0.15) is 0 Å². The second-order valence-electron chi connectivity index (χ2n) is 3.44. The second-order valence-corrected chi connectivity index (χ2v) is 5.12. The maximum Gasteiger partial charge on any atom is 0.253 e. The molecule has 0 amide bonds. The SMILES string of the molecule is [N-]=[N+]=Nc1cccc2c(S(=O)(=O)NN)cccc12. The van der Waals surface area contributed by atoms with Crippen LogP contribution in [0, 0.1) is 0 Å². The zero-order valence-corrected chi connectivity index (χ0v) is 9.92. The van der Waals surface area contributed by atoms with Gasteiger partial charge in [0.2, 0.25) is 0 Å². The highest BCUT2D eigenvalue weighted by Crippen LogP contribution is 2.30. The summed E-state index contributed by atoms with van der Waals surface area (Å²) in [7, 11) is -3.76. The molecule has 3 N–H and O–H groups in total. The Bertz CT molecular complexity index is 750. The maximum atomic E-state index is 11.7. The molecule has 92 valence electrons. The van der Waals surface area contributed by atoms with E-state index < -0.39 is 10.0 Å². The highest BCUT2D eigenvalue weighted by Gasteiger charge is 2.15. The molecule has 0 aliphatic heterocycles. The van der Waals surface area contributed by atoms with Gasteiger partial charge in [0.25, 0.3) is 10.0 Å². The number of rotatable bonds is 3. The molecule has 0 aliphatic carbocycles. The van der Waals surface area contributed by atoms with Gasteiger partial charge in [-0.2, -0.15) is 4.83 Å². The van der Waals surface area contributed by atoms with E-state index in [-0.39, 0.29) is 4.90 Å². The third kappa shape index (κ3) is 2.01. The molecule has 2 rings (SSSR count). The van der Waals surface area contributed by atoms with Crippen molar-refractivity contribution >= 4 is 26.5 Å². The van der Waals surface area contributed by atoms with Crippen molar-refractivity contribution in [2.45, 2.75) is 4.90 Å². The van der Waals surface area contributed by atoms with Crippen molar-refractivity contribution in [1.82, 2.24) is 4.83 Å². The van der Waals surface area contributed by atoms with E-state index in [1.165, 1.54) is 6.07 Å². The Morgan fingerprint density at radius 1 is 1.17 bits per heavy atom. The Morgan fingerprint density at radius 3 is 2.50 bits per heavy atom. The molecule has 18 heavy (non-hydrogen) atoms. The lowest BCUT2D eigenvalue weighted by Gasteiger charge is -2.07. The van der Waals surface area contributed by atoms with Crippen LogP contribution in [0.4, 0.5) is 5.69 Å². The summed E-state index contributed by atoms with van der Waals surface area (Å²) >= 11 is 0. The second kappa shape index (κ2) is 4.63. The van der Waals surface area contributed by atoms with Gasteiger partial charge in [-0.1, -0.05) is 35.4 Å². The van der Waals surface area contributed by atoms with E-state index in [2.05, 4.69) is 10.0 Å². The minimum atomic E-state index is -3.76. The van der Waals surface area contributed by atoms with Crippen molar-refractivity contribution in [3.8, 4) is 0 Å². The minimum Gasteiger partial charge on any atom is -0.257 e. The molecule has 2 aromatic carbocycles.